The zero-order valence-electron chi connectivity index (χ0n) is 16.3. The lowest BCUT2D eigenvalue weighted by atomic mass is 9.85. The number of benzene rings is 1. The highest BCUT2D eigenvalue weighted by Crippen LogP contribution is 2.40. The van der Waals surface area contributed by atoms with E-state index >= 15 is 0 Å². The van der Waals surface area contributed by atoms with Gasteiger partial charge in [-0.3, -0.25) is 4.79 Å². The maximum atomic E-state index is 12.9. The van der Waals surface area contributed by atoms with Gasteiger partial charge in [-0.25, -0.2) is 0 Å². The Morgan fingerprint density at radius 2 is 2.15 bits per heavy atom. The Bertz CT molecular complexity index is 814. The summed E-state index contributed by atoms with van der Waals surface area (Å²) in [5.41, 5.74) is 2.17. The lowest BCUT2D eigenvalue weighted by molar-refractivity contribution is -0.123. The zero-order chi connectivity index (χ0) is 19.0. The van der Waals surface area contributed by atoms with E-state index < -0.39 is 0 Å². The first-order valence-corrected chi connectivity index (χ1v) is 10.0. The molecule has 1 saturated carbocycles. The van der Waals surface area contributed by atoms with Crippen LogP contribution in [0.4, 0.5) is 5.69 Å². The molecule has 27 heavy (non-hydrogen) atoms. The van der Waals surface area contributed by atoms with Crippen LogP contribution >= 0.6 is 0 Å². The van der Waals surface area contributed by atoms with Gasteiger partial charge < -0.3 is 14.7 Å². The van der Waals surface area contributed by atoms with Crippen molar-refractivity contribution in [2.24, 2.45) is 0 Å². The Hall–Kier alpha value is -2.37. The second-order valence-electron chi connectivity index (χ2n) is 7.96. The van der Waals surface area contributed by atoms with Crippen LogP contribution < -0.4 is 10.2 Å². The summed E-state index contributed by atoms with van der Waals surface area (Å²) < 4.78 is 5.49. The number of amides is 1. The minimum absolute atomic E-state index is 0.119. The molecular weight excluding hydrogens is 340 g/mol. The highest BCUT2D eigenvalue weighted by molar-refractivity contribution is 5.86. The van der Waals surface area contributed by atoms with Crippen LogP contribution in [0.1, 0.15) is 75.6 Å². The van der Waals surface area contributed by atoms with E-state index in [4.69, 9.17) is 4.52 Å². The Kier molecular flexibility index (Phi) is 4.89. The van der Waals surface area contributed by atoms with E-state index in [9.17, 15) is 4.79 Å². The lowest BCUT2D eigenvalue weighted by Gasteiger charge is -2.39. The maximum absolute atomic E-state index is 12.9. The predicted molar refractivity (Wildman–Crippen MR) is 104 cm³/mol. The van der Waals surface area contributed by atoms with Gasteiger partial charge in [0.15, 0.2) is 5.82 Å². The van der Waals surface area contributed by atoms with E-state index in [-0.39, 0.29) is 23.9 Å². The molecule has 1 fully saturated rings. The van der Waals surface area contributed by atoms with Crippen LogP contribution in [0.5, 0.6) is 0 Å². The van der Waals surface area contributed by atoms with Gasteiger partial charge in [0.25, 0.3) is 0 Å². The van der Waals surface area contributed by atoms with Gasteiger partial charge in [-0.2, -0.15) is 4.98 Å². The third-order valence-electron chi connectivity index (χ3n) is 5.78. The molecule has 144 valence electrons. The van der Waals surface area contributed by atoms with Crippen LogP contribution in [0.3, 0.4) is 0 Å². The van der Waals surface area contributed by atoms with E-state index in [0.29, 0.717) is 18.4 Å². The molecule has 1 aromatic heterocycles. The van der Waals surface area contributed by atoms with Crippen LogP contribution in [0.25, 0.3) is 0 Å². The van der Waals surface area contributed by atoms with Gasteiger partial charge in [0, 0.05) is 23.7 Å². The van der Waals surface area contributed by atoms with Crippen molar-refractivity contribution < 1.29 is 9.32 Å². The number of anilines is 1. The molecule has 2 heterocycles. The van der Waals surface area contributed by atoms with Gasteiger partial charge in [-0.15, -0.1) is 0 Å². The third-order valence-corrected chi connectivity index (χ3v) is 5.78. The first kappa shape index (κ1) is 18.0. The van der Waals surface area contributed by atoms with Crippen LogP contribution in [-0.4, -0.2) is 28.1 Å². The molecule has 0 spiro atoms. The molecule has 0 unspecified atom stereocenters. The molecule has 2 aromatic rings. The number of nitrogens with zero attached hydrogens (tertiary/aromatic N) is 3. The van der Waals surface area contributed by atoms with Crippen molar-refractivity contribution in [3.05, 3.63) is 41.5 Å². The molecule has 6 nitrogen and oxygen atoms in total. The number of carbonyl (C=O) groups excluding carboxylic acids is 1. The Morgan fingerprint density at radius 3 is 2.89 bits per heavy atom. The standard InChI is InChI=1S/C21H28N4O2/c1-4-13(2)22-21(26)17-11-14(3)25(18-8-6-5-7-16(17)18)12-19-23-20(24-27-19)15-9-10-15/h5-8,13-15,17H,4,9-12H2,1-3H3,(H,22,26)/t13-,14-,17-/m0/s1. The van der Waals surface area contributed by atoms with Gasteiger partial charge in [0.05, 0.1) is 12.5 Å². The monoisotopic (exact) mass is 368 g/mol. The highest BCUT2D eigenvalue weighted by Gasteiger charge is 2.35. The minimum Gasteiger partial charge on any atom is -0.359 e. The van der Waals surface area contributed by atoms with E-state index in [1.54, 1.807) is 0 Å². The van der Waals surface area contributed by atoms with Crippen molar-refractivity contribution in [2.45, 2.75) is 76.9 Å². The molecule has 2 aliphatic rings. The quantitative estimate of drug-likeness (QED) is 0.841. The van der Waals surface area contributed by atoms with Crippen molar-refractivity contribution in [2.75, 3.05) is 4.90 Å². The number of hydrogen-bond acceptors (Lipinski definition) is 5. The fraction of sp³-hybridized carbons (Fsp3) is 0.571. The molecule has 0 bridgehead atoms. The number of aromatic nitrogens is 2. The molecule has 1 aromatic carbocycles. The molecule has 1 amide bonds. The fourth-order valence-electron chi connectivity index (χ4n) is 3.80. The van der Waals surface area contributed by atoms with Crippen LogP contribution in [-0.2, 0) is 11.3 Å². The molecule has 1 aliphatic heterocycles. The topological polar surface area (TPSA) is 71.3 Å². The smallest absolute Gasteiger partial charge is 0.246 e. The molecule has 6 heteroatoms. The SMILES string of the molecule is CC[C@H](C)NC(=O)[C@H]1C[C@H](C)N(Cc2nc(C3CC3)no2)c2ccccc21. The summed E-state index contributed by atoms with van der Waals surface area (Å²) in [6, 6.07) is 8.59. The summed E-state index contributed by atoms with van der Waals surface area (Å²) in [6.45, 7) is 6.88. The number of rotatable bonds is 6. The summed E-state index contributed by atoms with van der Waals surface area (Å²) in [6.07, 6.45) is 4.04. The largest absolute Gasteiger partial charge is 0.359 e. The summed E-state index contributed by atoms with van der Waals surface area (Å²) in [5.74, 6) is 1.99. The summed E-state index contributed by atoms with van der Waals surface area (Å²) in [4.78, 5) is 19.7. The number of fused-ring (bicyclic) bond motifs is 1. The van der Waals surface area contributed by atoms with Gasteiger partial charge in [-0.05, 0) is 51.2 Å². The summed E-state index contributed by atoms with van der Waals surface area (Å²) in [5, 5.41) is 7.28. The predicted octanol–water partition coefficient (Wildman–Crippen LogP) is 3.74. The Morgan fingerprint density at radius 1 is 1.37 bits per heavy atom. The molecule has 1 N–H and O–H groups in total. The van der Waals surface area contributed by atoms with E-state index in [1.165, 1.54) is 0 Å². The van der Waals surface area contributed by atoms with Crippen LogP contribution in [0, 0.1) is 0 Å². The van der Waals surface area contributed by atoms with Crippen LogP contribution in [0.15, 0.2) is 28.8 Å². The average Bonchev–Trinajstić information content (AvgIpc) is 3.42. The molecular formula is C21H28N4O2. The molecule has 3 atom stereocenters. The van der Waals surface area contributed by atoms with Gasteiger partial charge >= 0.3 is 0 Å². The van der Waals surface area contributed by atoms with Crippen LogP contribution in [0.2, 0.25) is 0 Å². The number of carbonyl (C=O) groups is 1. The number of nitrogens with one attached hydrogen (secondary N) is 1. The van der Waals surface area contributed by atoms with E-state index in [2.05, 4.69) is 53.3 Å². The molecule has 0 saturated heterocycles. The highest BCUT2D eigenvalue weighted by atomic mass is 16.5. The van der Waals surface area contributed by atoms with E-state index in [0.717, 1.165) is 42.8 Å². The van der Waals surface area contributed by atoms with Crippen molar-refractivity contribution >= 4 is 11.6 Å². The lowest BCUT2D eigenvalue weighted by Crippen LogP contribution is -2.44. The number of hydrogen-bond donors (Lipinski definition) is 1. The van der Waals surface area contributed by atoms with Gasteiger partial charge in [-0.1, -0.05) is 30.3 Å². The zero-order valence-corrected chi connectivity index (χ0v) is 16.3. The normalized spacial score (nSPS) is 23.0. The molecule has 0 radical (unpaired) electrons. The van der Waals surface area contributed by atoms with Gasteiger partial charge in [0.1, 0.15) is 0 Å². The van der Waals surface area contributed by atoms with Crippen molar-refractivity contribution in [1.29, 1.82) is 0 Å². The molecule has 1 aliphatic carbocycles. The minimum atomic E-state index is -0.119. The Labute approximate surface area is 160 Å². The van der Waals surface area contributed by atoms with Crippen molar-refractivity contribution in [1.82, 2.24) is 15.5 Å². The van der Waals surface area contributed by atoms with Crippen molar-refractivity contribution in [3.8, 4) is 0 Å². The maximum Gasteiger partial charge on any atom is 0.246 e. The third kappa shape index (κ3) is 3.70. The second-order valence-corrected chi connectivity index (χ2v) is 7.96. The molecule has 4 rings (SSSR count). The first-order valence-electron chi connectivity index (χ1n) is 10.0. The van der Waals surface area contributed by atoms with Gasteiger partial charge in [0.2, 0.25) is 11.8 Å². The summed E-state index contributed by atoms with van der Waals surface area (Å²) >= 11 is 0. The fourth-order valence-corrected chi connectivity index (χ4v) is 3.80. The number of para-hydroxylation sites is 1. The first-order chi connectivity index (χ1) is 13.1. The second kappa shape index (κ2) is 7.33. The average molecular weight is 368 g/mol. The summed E-state index contributed by atoms with van der Waals surface area (Å²) in [7, 11) is 0. The van der Waals surface area contributed by atoms with E-state index in [1.807, 2.05) is 12.1 Å². The van der Waals surface area contributed by atoms with Crippen molar-refractivity contribution in [3.63, 3.8) is 0 Å². The Balaban J connectivity index is 1.57.